The Balaban J connectivity index is 1.76. The van der Waals surface area contributed by atoms with Crippen LogP contribution in [0.4, 0.5) is 0 Å². The highest BCUT2D eigenvalue weighted by Crippen LogP contribution is 2.40. The standard InChI is InChI=1S/C16H25N3O2/c1-2-18-8-5-13-14(11-18)21-10-9-19(13)15(20)16(12-17)6-3-4-7-16/h13-14H,2-11H2,1H3/t13-,14+/m1/s1. The van der Waals surface area contributed by atoms with Crippen molar-refractivity contribution in [2.45, 2.75) is 51.2 Å². The second kappa shape index (κ2) is 5.94. The number of nitriles is 1. The van der Waals surface area contributed by atoms with Gasteiger partial charge in [0.15, 0.2) is 0 Å². The van der Waals surface area contributed by atoms with E-state index < -0.39 is 5.41 Å². The van der Waals surface area contributed by atoms with Crippen molar-refractivity contribution in [3.8, 4) is 6.07 Å². The molecule has 2 aliphatic heterocycles. The molecule has 1 amide bonds. The lowest BCUT2D eigenvalue weighted by Crippen LogP contribution is -2.62. The molecule has 2 atom stereocenters. The molecule has 2 saturated heterocycles. The number of carbonyl (C=O) groups excluding carboxylic acids is 1. The Hall–Kier alpha value is -1.12. The molecule has 0 unspecified atom stereocenters. The van der Waals surface area contributed by atoms with Crippen LogP contribution in [-0.4, -0.2) is 60.6 Å². The number of piperidine rings is 1. The molecule has 0 bridgehead atoms. The molecule has 0 spiro atoms. The minimum atomic E-state index is -0.746. The Bertz CT molecular complexity index is 439. The average molecular weight is 291 g/mol. The van der Waals surface area contributed by atoms with Crippen molar-refractivity contribution in [2.24, 2.45) is 5.41 Å². The van der Waals surface area contributed by atoms with E-state index in [-0.39, 0.29) is 18.1 Å². The maximum atomic E-state index is 13.0. The van der Waals surface area contributed by atoms with Gasteiger partial charge in [-0.3, -0.25) is 4.79 Å². The van der Waals surface area contributed by atoms with Gasteiger partial charge in [0.25, 0.3) is 0 Å². The zero-order valence-corrected chi connectivity index (χ0v) is 12.9. The molecule has 116 valence electrons. The third-order valence-electron chi connectivity index (χ3n) is 5.46. The fraction of sp³-hybridized carbons (Fsp3) is 0.875. The summed E-state index contributed by atoms with van der Waals surface area (Å²) >= 11 is 0. The van der Waals surface area contributed by atoms with Gasteiger partial charge < -0.3 is 14.5 Å². The fourth-order valence-electron chi connectivity index (χ4n) is 4.12. The highest BCUT2D eigenvalue weighted by molar-refractivity contribution is 5.86. The molecular formula is C16H25N3O2. The van der Waals surface area contributed by atoms with Gasteiger partial charge in [-0.05, 0) is 25.8 Å². The maximum absolute atomic E-state index is 13.0. The average Bonchev–Trinajstić information content (AvgIpc) is 3.03. The van der Waals surface area contributed by atoms with Gasteiger partial charge in [0, 0.05) is 19.6 Å². The van der Waals surface area contributed by atoms with Crippen LogP contribution < -0.4 is 0 Å². The predicted molar refractivity (Wildman–Crippen MR) is 78.5 cm³/mol. The molecule has 5 heteroatoms. The van der Waals surface area contributed by atoms with Gasteiger partial charge in [0.2, 0.25) is 5.91 Å². The summed E-state index contributed by atoms with van der Waals surface area (Å²) in [5.74, 6) is 0.0748. The van der Waals surface area contributed by atoms with Gasteiger partial charge in [0.1, 0.15) is 5.41 Å². The number of nitrogens with zero attached hydrogens (tertiary/aromatic N) is 3. The van der Waals surface area contributed by atoms with Crippen molar-refractivity contribution < 1.29 is 9.53 Å². The van der Waals surface area contributed by atoms with E-state index in [1.807, 2.05) is 4.90 Å². The van der Waals surface area contributed by atoms with Gasteiger partial charge in [-0.15, -0.1) is 0 Å². The number of morpholine rings is 1. The Labute approximate surface area is 126 Å². The van der Waals surface area contributed by atoms with Gasteiger partial charge in [-0.25, -0.2) is 0 Å². The van der Waals surface area contributed by atoms with E-state index in [0.29, 0.717) is 13.2 Å². The normalized spacial score (nSPS) is 32.5. The topological polar surface area (TPSA) is 56.6 Å². The maximum Gasteiger partial charge on any atom is 0.243 e. The summed E-state index contributed by atoms with van der Waals surface area (Å²) in [6.45, 7) is 6.37. The molecule has 3 aliphatic rings. The SMILES string of the molecule is CCN1CC[C@@H]2[C@H](C1)OCCN2C(=O)C1(C#N)CCCC1. The fourth-order valence-corrected chi connectivity index (χ4v) is 4.12. The summed E-state index contributed by atoms with van der Waals surface area (Å²) in [6, 6.07) is 2.51. The number of likely N-dealkylation sites (N-methyl/N-ethyl adjacent to an activating group) is 1. The Morgan fingerprint density at radius 2 is 2.14 bits per heavy atom. The number of hydrogen-bond acceptors (Lipinski definition) is 4. The smallest absolute Gasteiger partial charge is 0.243 e. The molecule has 21 heavy (non-hydrogen) atoms. The van der Waals surface area contributed by atoms with Gasteiger partial charge in [-0.1, -0.05) is 19.8 Å². The number of amides is 1. The van der Waals surface area contributed by atoms with Crippen LogP contribution in [0.3, 0.4) is 0 Å². The predicted octanol–water partition coefficient (Wildman–Crippen LogP) is 1.39. The minimum absolute atomic E-state index is 0.0748. The molecule has 3 rings (SSSR count). The summed E-state index contributed by atoms with van der Waals surface area (Å²) in [5.41, 5.74) is -0.746. The first-order valence-corrected chi connectivity index (χ1v) is 8.26. The van der Waals surface area contributed by atoms with Crippen LogP contribution in [0.25, 0.3) is 0 Å². The first-order valence-electron chi connectivity index (χ1n) is 8.26. The summed E-state index contributed by atoms with van der Waals surface area (Å²) in [7, 11) is 0. The highest BCUT2D eigenvalue weighted by Gasteiger charge is 2.48. The lowest BCUT2D eigenvalue weighted by Gasteiger charge is -2.48. The van der Waals surface area contributed by atoms with Crippen LogP contribution in [0.1, 0.15) is 39.0 Å². The Kier molecular flexibility index (Phi) is 4.19. The highest BCUT2D eigenvalue weighted by atomic mass is 16.5. The summed E-state index contributed by atoms with van der Waals surface area (Å²) in [5, 5.41) is 9.56. The van der Waals surface area contributed by atoms with E-state index in [1.165, 1.54) is 0 Å². The zero-order chi connectivity index (χ0) is 14.9. The number of fused-ring (bicyclic) bond motifs is 1. The minimum Gasteiger partial charge on any atom is -0.373 e. The zero-order valence-electron chi connectivity index (χ0n) is 12.9. The van der Waals surface area contributed by atoms with E-state index in [0.717, 1.165) is 51.7 Å². The molecular weight excluding hydrogens is 266 g/mol. The third-order valence-corrected chi connectivity index (χ3v) is 5.46. The van der Waals surface area contributed by atoms with E-state index in [4.69, 9.17) is 4.74 Å². The lowest BCUT2D eigenvalue weighted by atomic mass is 9.84. The molecule has 5 nitrogen and oxygen atoms in total. The second-order valence-electron chi connectivity index (χ2n) is 6.56. The van der Waals surface area contributed by atoms with E-state index in [1.54, 1.807) is 0 Å². The molecule has 0 aromatic heterocycles. The van der Waals surface area contributed by atoms with E-state index >= 15 is 0 Å². The quantitative estimate of drug-likeness (QED) is 0.771. The van der Waals surface area contributed by atoms with Crippen LogP contribution in [0.2, 0.25) is 0 Å². The van der Waals surface area contributed by atoms with Crippen molar-refractivity contribution in [2.75, 3.05) is 32.8 Å². The van der Waals surface area contributed by atoms with Crippen molar-refractivity contribution >= 4 is 5.91 Å². The molecule has 0 aromatic rings. The summed E-state index contributed by atoms with van der Waals surface area (Å²) in [4.78, 5) is 17.4. The second-order valence-corrected chi connectivity index (χ2v) is 6.56. The number of rotatable bonds is 2. The summed E-state index contributed by atoms with van der Waals surface area (Å²) < 4.78 is 5.91. The summed E-state index contributed by atoms with van der Waals surface area (Å²) in [6.07, 6.45) is 4.55. The van der Waals surface area contributed by atoms with E-state index in [9.17, 15) is 10.1 Å². The van der Waals surface area contributed by atoms with Gasteiger partial charge in [0.05, 0.1) is 24.8 Å². The molecule has 1 saturated carbocycles. The molecule has 1 aliphatic carbocycles. The Morgan fingerprint density at radius 1 is 1.38 bits per heavy atom. The van der Waals surface area contributed by atoms with Crippen LogP contribution in [-0.2, 0) is 9.53 Å². The van der Waals surface area contributed by atoms with Crippen molar-refractivity contribution in [1.29, 1.82) is 5.26 Å². The number of ether oxygens (including phenoxy) is 1. The molecule has 0 aromatic carbocycles. The van der Waals surface area contributed by atoms with Crippen molar-refractivity contribution in [1.82, 2.24) is 9.80 Å². The molecule has 0 N–H and O–H groups in total. The van der Waals surface area contributed by atoms with Crippen LogP contribution in [0.15, 0.2) is 0 Å². The van der Waals surface area contributed by atoms with Crippen LogP contribution >= 0.6 is 0 Å². The van der Waals surface area contributed by atoms with Crippen molar-refractivity contribution in [3.05, 3.63) is 0 Å². The number of likely N-dealkylation sites (tertiary alicyclic amines) is 1. The largest absolute Gasteiger partial charge is 0.373 e. The van der Waals surface area contributed by atoms with Gasteiger partial charge in [-0.2, -0.15) is 5.26 Å². The monoisotopic (exact) mass is 291 g/mol. The first kappa shape index (κ1) is 14.8. The van der Waals surface area contributed by atoms with Crippen LogP contribution in [0.5, 0.6) is 0 Å². The molecule has 3 fully saturated rings. The molecule has 0 radical (unpaired) electrons. The van der Waals surface area contributed by atoms with Crippen molar-refractivity contribution in [3.63, 3.8) is 0 Å². The first-order chi connectivity index (χ1) is 10.2. The molecule has 2 heterocycles. The van der Waals surface area contributed by atoms with Gasteiger partial charge >= 0.3 is 0 Å². The number of hydrogen-bond donors (Lipinski definition) is 0. The Morgan fingerprint density at radius 3 is 2.81 bits per heavy atom. The number of carbonyl (C=O) groups is 1. The lowest BCUT2D eigenvalue weighted by molar-refractivity contribution is -0.159. The van der Waals surface area contributed by atoms with Crippen LogP contribution in [0, 0.1) is 16.7 Å². The third kappa shape index (κ3) is 2.56. The van der Waals surface area contributed by atoms with E-state index in [2.05, 4.69) is 17.9 Å².